The van der Waals surface area contributed by atoms with Crippen molar-refractivity contribution in [2.24, 2.45) is 0 Å². The molecule has 0 radical (unpaired) electrons. The number of carbonyl (C=O) groups excluding carboxylic acids is 1. The molecule has 1 amide bonds. The molecule has 3 aromatic rings. The predicted octanol–water partition coefficient (Wildman–Crippen LogP) is 3.91. The van der Waals surface area contributed by atoms with Gasteiger partial charge in [0, 0.05) is 23.7 Å². The number of thiophene rings is 1. The van der Waals surface area contributed by atoms with Gasteiger partial charge in [0.25, 0.3) is 5.91 Å². The summed E-state index contributed by atoms with van der Waals surface area (Å²) in [5.74, 6) is 1.06. The first kappa shape index (κ1) is 15.2. The Morgan fingerprint density at radius 2 is 1.96 bits per heavy atom. The molecule has 0 spiro atoms. The fourth-order valence-corrected chi connectivity index (χ4v) is 2.75. The van der Waals surface area contributed by atoms with Gasteiger partial charge >= 0.3 is 0 Å². The number of amides is 1. The van der Waals surface area contributed by atoms with Crippen LogP contribution in [0.3, 0.4) is 0 Å². The summed E-state index contributed by atoms with van der Waals surface area (Å²) in [6.45, 7) is 0.613. The number of benzene rings is 1. The molecule has 0 saturated carbocycles. The lowest BCUT2D eigenvalue weighted by Crippen LogP contribution is -2.25. The fraction of sp³-hybridized carbons (Fsp3) is 0.111. The monoisotopic (exact) mass is 324 g/mol. The average Bonchev–Trinajstić information content (AvgIpc) is 3.10. The first-order valence-corrected chi connectivity index (χ1v) is 8.19. The lowest BCUT2D eigenvalue weighted by molar-refractivity contribution is 0.0954. The lowest BCUT2D eigenvalue weighted by Gasteiger charge is -2.06. The summed E-state index contributed by atoms with van der Waals surface area (Å²) >= 11 is 1.69. The van der Waals surface area contributed by atoms with Crippen molar-refractivity contribution in [3.05, 3.63) is 76.6 Å². The number of nitrogens with one attached hydrogen (secondary N) is 1. The van der Waals surface area contributed by atoms with Gasteiger partial charge in [-0.05, 0) is 36.1 Å². The molecule has 3 rings (SSSR count). The van der Waals surface area contributed by atoms with Gasteiger partial charge in [0.15, 0.2) is 0 Å². The molecule has 2 aromatic heterocycles. The van der Waals surface area contributed by atoms with E-state index in [2.05, 4.69) is 16.4 Å². The highest BCUT2D eigenvalue weighted by Gasteiger charge is 2.06. The summed E-state index contributed by atoms with van der Waals surface area (Å²) in [6.07, 6.45) is 2.37. The minimum absolute atomic E-state index is 0.125. The maximum atomic E-state index is 12.1. The van der Waals surface area contributed by atoms with Crippen molar-refractivity contribution in [3.63, 3.8) is 0 Å². The Morgan fingerprint density at radius 1 is 1.09 bits per heavy atom. The average molecular weight is 324 g/mol. The van der Waals surface area contributed by atoms with Crippen LogP contribution in [-0.2, 0) is 6.42 Å². The van der Waals surface area contributed by atoms with E-state index >= 15 is 0 Å². The highest BCUT2D eigenvalue weighted by atomic mass is 32.1. The van der Waals surface area contributed by atoms with Gasteiger partial charge in [0.2, 0.25) is 5.88 Å². The van der Waals surface area contributed by atoms with Crippen LogP contribution in [0.25, 0.3) is 0 Å². The number of carbonyl (C=O) groups is 1. The zero-order chi connectivity index (χ0) is 15.9. The van der Waals surface area contributed by atoms with Gasteiger partial charge in [0.1, 0.15) is 5.75 Å². The SMILES string of the molecule is O=C(NCCc1cccs1)c1ccc(Oc2ccccc2)nc1. The summed E-state index contributed by atoms with van der Waals surface area (Å²) < 4.78 is 5.60. The lowest BCUT2D eigenvalue weighted by atomic mass is 10.2. The Balaban J connectivity index is 1.53. The summed E-state index contributed by atoms with van der Waals surface area (Å²) in [5.41, 5.74) is 0.525. The van der Waals surface area contributed by atoms with Crippen molar-refractivity contribution >= 4 is 17.2 Å². The minimum Gasteiger partial charge on any atom is -0.439 e. The van der Waals surface area contributed by atoms with E-state index in [1.54, 1.807) is 23.5 Å². The van der Waals surface area contributed by atoms with Gasteiger partial charge in [-0.25, -0.2) is 4.98 Å². The number of pyridine rings is 1. The molecule has 23 heavy (non-hydrogen) atoms. The van der Waals surface area contributed by atoms with Crippen LogP contribution in [0.15, 0.2) is 66.2 Å². The van der Waals surface area contributed by atoms with E-state index in [4.69, 9.17) is 4.74 Å². The van der Waals surface area contributed by atoms with Gasteiger partial charge in [0.05, 0.1) is 5.56 Å². The third kappa shape index (κ3) is 4.40. The van der Waals surface area contributed by atoms with Crippen molar-refractivity contribution in [1.29, 1.82) is 0 Å². The van der Waals surface area contributed by atoms with Crippen LogP contribution in [0.4, 0.5) is 0 Å². The summed E-state index contributed by atoms with van der Waals surface area (Å²) in [5, 5.41) is 4.93. The summed E-state index contributed by atoms with van der Waals surface area (Å²) in [7, 11) is 0. The van der Waals surface area contributed by atoms with E-state index in [1.165, 1.54) is 11.1 Å². The smallest absolute Gasteiger partial charge is 0.252 e. The molecular weight excluding hydrogens is 308 g/mol. The molecule has 1 aromatic carbocycles. The van der Waals surface area contributed by atoms with Crippen LogP contribution in [0.1, 0.15) is 15.2 Å². The van der Waals surface area contributed by atoms with Crippen molar-refractivity contribution in [1.82, 2.24) is 10.3 Å². The Hall–Kier alpha value is -2.66. The predicted molar refractivity (Wildman–Crippen MR) is 91.1 cm³/mol. The van der Waals surface area contributed by atoms with Crippen LogP contribution in [0, 0.1) is 0 Å². The van der Waals surface area contributed by atoms with Crippen LogP contribution < -0.4 is 10.1 Å². The molecule has 4 nitrogen and oxygen atoms in total. The Morgan fingerprint density at radius 3 is 2.65 bits per heavy atom. The van der Waals surface area contributed by atoms with Crippen molar-refractivity contribution in [2.75, 3.05) is 6.54 Å². The van der Waals surface area contributed by atoms with Crippen molar-refractivity contribution in [2.45, 2.75) is 6.42 Å². The molecule has 0 fully saturated rings. The van der Waals surface area contributed by atoms with E-state index in [-0.39, 0.29) is 5.91 Å². The highest BCUT2D eigenvalue weighted by molar-refractivity contribution is 7.09. The first-order chi connectivity index (χ1) is 11.3. The number of hydrogen-bond donors (Lipinski definition) is 1. The van der Waals surface area contributed by atoms with Crippen LogP contribution in [-0.4, -0.2) is 17.4 Å². The van der Waals surface area contributed by atoms with Crippen molar-refractivity contribution < 1.29 is 9.53 Å². The van der Waals surface area contributed by atoms with E-state index in [0.717, 1.165) is 6.42 Å². The molecule has 0 bridgehead atoms. The number of nitrogens with zero attached hydrogens (tertiary/aromatic N) is 1. The van der Waals surface area contributed by atoms with Crippen LogP contribution in [0.5, 0.6) is 11.6 Å². The third-order valence-electron chi connectivity index (χ3n) is 3.20. The van der Waals surface area contributed by atoms with Crippen LogP contribution >= 0.6 is 11.3 Å². The van der Waals surface area contributed by atoms with Gasteiger partial charge in [-0.2, -0.15) is 0 Å². The normalized spacial score (nSPS) is 10.3. The molecule has 0 saturated heterocycles. The second-order valence-corrected chi connectivity index (χ2v) is 5.92. The van der Waals surface area contributed by atoms with E-state index in [0.29, 0.717) is 23.7 Å². The van der Waals surface area contributed by atoms with Gasteiger partial charge in [-0.15, -0.1) is 11.3 Å². The molecule has 0 aliphatic carbocycles. The molecule has 5 heteroatoms. The largest absolute Gasteiger partial charge is 0.439 e. The molecule has 2 heterocycles. The van der Waals surface area contributed by atoms with E-state index < -0.39 is 0 Å². The molecular formula is C18H16N2O2S. The zero-order valence-corrected chi connectivity index (χ0v) is 13.3. The molecule has 0 atom stereocenters. The summed E-state index contributed by atoms with van der Waals surface area (Å²) in [4.78, 5) is 17.5. The Kier molecular flexibility index (Phi) is 5.01. The van der Waals surface area contributed by atoms with Gasteiger partial charge in [-0.3, -0.25) is 4.79 Å². The maximum absolute atomic E-state index is 12.1. The Bertz CT molecular complexity index is 740. The molecule has 0 unspecified atom stereocenters. The molecule has 0 aliphatic rings. The highest BCUT2D eigenvalue weighted by Crippen LogP contribution is 2.18. The first-order valence-electron chi connectivity index (χ1n) is 7.31. The fourth-order valence-electron chi connectivity index (χ4n) is 2.04. The topological polar surface area (TPSA) is 51.2 Å². The third-order valence-corrected chi connectivity index (χ3v) is 4.14. The maximum Gasteiger partial charge on any atom is 0.252 e. The standard InChI is InChI=1S/C18H16N2O2S/c21-18(19-11-10-16-7-4-12-23-16)14-8-9-17(20-13-14)22-15-5-2-1-3-6-15/h1-9,12-13H,10-11H2,(H,19,21). The molecule has 0 aliphatic heterocycles. The number of rotatable bonds is 6. The number of hydrogen-bond acceptors (Lipinski definition) is 4. The van der Waals surface area contributed by atoms with E-state index in [1.807, 2.05) is 41.8 Å². The minimum atomic E-state index is -0.125. The quantitative estimate of drug-likeness (QED) is 0.748. The molecule has 1 N–H and O–H groups in total. The van der Waals surface area contributed by atoms with Gasteiger partial charge in [-0.1, -0.05) is 24.3 Å². The van der Waals surface area contributed by atoms with E-state index in [9.17, 15) is 4.79 Å². The molecule has 116 valence electrons. The second kappa shape index (κ2) is 7.56. The van der Waals surface area contributed by atoms with Crippen molar-refractivity contribution in [3.8, 4) is 11.6 Å². The number of ether oxygens (including phenoxy) is 1. The van der Waals surface area contributed by atoms with Crippen LogP contribution in [0.2, 0.25) is 0 Å². The second-order valence-electron chi connectivity index (χ2n) is 4.89. The number of aromatic nitrogens is 1. The van der Waals surface area contributed by atoms with Gasteiger partial charge < -0.3 is 10.1 Å². The zero-order valence-electron chi connectivity index (χ0n) is 12.4. The Labute approximate surface area is 138 Å². The number of para-hydroxylation sites is 1. The summed E-state index contributed by atoms with van der Waals surface area (Å²) in [6, 6.07) is 16.9.